The summed E-state index contributed by atoms with van der Waals surface area (Å²) in [6.07, 6.45) is 3.39. The Hall–Kier alpha value is -3.69. The van der Waals surface area contributed by atoms with Gasteiger partial charge in [0.1, 0.15) is 10.8 Å². The molecule has 7 rings (SSSR count). The Labute approximate surface area is 216 Å². The van der Waals surface area contributed by atoms with Crippen molar-refractivity contribution in [2.24, 2.45) is 0 Å². The van der Waals surface area contributed by atoms with E-state index in [1.807, 2.05) is 24.3 Å². The molecule has 0 fully saturated rings. The molecule has 174 valence electrons. The Morgan fingerprint density at radius 1 is 1.03 bits per heavy atom. The minimum absolute atomic E-state index is 0.0187. The number of thiazole rings is 1. The molecule has 1 aliphatic carbocycles. The fraction of sp³-hybridized carbons (Fsp3) is 0.207. The quantitative estimate of drug-likeness (QED) is 0.188. The Kier molecular flexibility index (Phi) is 4.90. The van der Waals surface area contributed by atoms with E-state index in [-0.39, 0.29) is 11.4 Å². The first-order valence-electron chi connectivity index (χ1n) is 12.1. The highest BCUT2D eigenvalue weighted by molar-refractivity contribution is 8.03. The van der Waals surface area contributed by atoms with E-state index in [2.05, 4.69) is 45.7 Å². The van der Waals surface area contributed by atoms with Crippen LogP contribution in [0.15, 0.2) is 86.3 Å². The largest absolute Gasteiger partial charge is 0.762 e. The van der Waals surface area contributed by atoms with Gasteiger partial charge in [-0.3, -0.25) is 4.79 Å². The van der Waals surface area contributed by atoms with Gasteiger partial charge >= 0.3 is 0 Å². The molecule has 7 heteroatoms. The van der Waals surface area contributed by atoms with Gasteiger partial charge in [-0.05, 0) is 43.0 Å². The molecular formula is C29H20N4OS2. The smallest absolute Gasteiger partial charge is 0.266 e. The maximum atomic E-state index is 14.0. The molecule has 0 bridgehead atoms. The molecule has 0 N–H and O–H groups in total. The van der Waals surface area contributed by atoms with Crippen LogP contribution in [0.1, 0.15) is 30.7 Å². The predicted molar refractivity (Wildman–Crippen MR) is 144 cm³/mol. The van der Waals surface area contributed by atoms with Crippen LogP contribution >= 0.6 is 23.1 Å². The third kappa shape index (κ3) is 2.93. The molecule has 0 atom stereocenters. The van der Waals surface area contributed by atoms with Crippen molar-refractivity contribution in [1.29, 1.82) is 5.26 Å². The van der Waals surface area contributed by atoms with Gasteiger partial charge in [0.05, 0.1) is 16.3 Å². The molecule has 3 aromatic rings. The fourth-order valence-corrected chi connectivity index (χ4v) is 8.38. The Morgan fingerprint density at radius 2 is 1.83 bits per heavy atom. The first-order valence-corrected chi connectivity index (χ1v) is 13.7. The third-order valence-corrected chi connectivity index (χ3v) is 9.83. The van der Waals surface area contributed by atoms with E-state index in [9.17, 15) is 15.5 Å². The van der Waals surface area contributed by atoms with Crippen LogP contribution in [0.25, 0.3) is 21.2 Å². The molecule has 36 heavy (non-hydrogen) atoms. The van der Waals surface area contributed by atoms with E-state index in [4.69, 9.17) is 0 Å². The van der Waals surface area contributed by atoms with Crippen LogP contribution in [0.2, 0.25) is 0 Å². The maximum absolute atomic E-state index is 14.0. The second-order valence-corrected chi connectivity index (χ2v) is 11.3. The first kappa shape index (κ1) is 21.6. The van der Waals surface area contributed by atoms with Gasteiger partial charge in [-0.15, -0.1) is 0 Å². The summed E-state index contributed by atoms with van der Waals surface area (Å²) in [5, 5.41) is 22.0. The van der Waals surface area contributed by atoms with E-state index in [1.165, 1.54) is 20.8 Å². The number of allylic oxidation sites excluding steroid dienone is 6. The second kappa shape index (κ2) is 8.18. The van der Waals surface area contributed by atoms with Crippen molar-refractivity contribution >= 4 is 56.2 Å². The lowest BCUT2D eigenvalue weighted by atomic mass is 9.71. The molecule has 0 saturated carbocycles. The predicted octanol–water partition coefficient (Wildman–Crippen LogP) is 5.92. The number of benzene rings is 2. The topological polar surface area (TPSA) is 70.3 Å². The van der Waals surface area contributed by atoms with Crippen molar-refractivity contribution < 1.29 is 9.36 Å². The van der Waals surface area contributed by atoms with Crippen LogP contribution in [0, 0.1) is 11.3 Å². The molecule has 4 heterocycles. The Bertz CT molecular complexity index is 1710. The maximum Gasteiger partial charge on any atom is 0.266 e. The van der Waals surface area contributed by atoms with Gasteiger partial charge in [0.2, 0.25) is 5.52 Å². The number of anilines is 1. The van der Waals surface area contributed by atoms with Gasteiger partial charge < -0.3 is 10.3 Å². The fourth-order valence-electron chi connectivity index (χ4n) is 5.85. The SMILES string of the molecule is N#CC(=C=[N-])C1=C(C2=C3Sc4ccccc4N3CCC2)C(=O)/C1=C1/CCC[n+]2c1sc1ccccc12. The molecule has 0 amide bonds. The summed E-state index contributed by atoms with van der Waals surface area (Å²) >= 11 is 3.38. The number of thioether (sulfide) groups is 1. The lowest BCUT2D eigenvalue weighted by molar-refractivity contribution is -0.672. The van der Waals surface area contributed by atoms with Crippen LogP contribution in [0.3, 0.4) is 0 Å². The summed E-state index contributed by atoms with van der Waals surface area (Å²) in [6, 6.07) is 18.7. The molecule has 5 nitrogen and oxygen atoms in total. The number of rotatable bonds is 2. The number of nitrogens with zero attached hydrogens (tertiary/aromatic N) is 4. The summed E-state index contributed by atoms with van der Waals surface area (Å²) < 4.78 is 3.48. The number of carbonyl (C=O) groups is 1. The van der Waals surface area contributed by atoms with Crippen molar-refractivity contribution in [2.75, 3.05) is 11.4 Å². The molecule has 0 unspecified atom stereocenters. The molecule has 0 radical (unpaired) electrons. The molecule has 4 aliphatic rings. The number of aryl methyl sites for hydroxylation is 1. The van der Waals surface area contributed by atoms with E-state index in [0.29, 0.717) is 16.7 Å². The molecule has 1 aromatic heterocycles. The molecule has 3 aliphatic heterocycles. The van der Waals surface area contributed by atoms with Gasteiger partial charge in [-0.1, -0.05) is 47.4 Å². The zero-order valence-corrected chi connectivity index (χ0v) is 21.0. The summed E-state index contributed by atoms with van der Waals surface area (Å²) in [5.74, 6) is 2.09. The van der Waals surface area contributed by atoms with E-state index < -0.39 is 0 Å². The lowest BCUT2D eigenvalue weighted by Gasteiger charge is -2.34. The summed E-state index contributed by atoms with van der Waals surface area (Å²) in [4.78, 5) is 17.5. The number of hydrogen-bond acceptors (Lipinski definition) is 5. The summed E-state index contributed by atoms with van der Waals surface area (Å²) in [5.41, 5.74) is 6.06. The zero-order chi connectivity index (χ0) is 24.4. The van der Waals surface area contributed by atoms with Crippen molar-refractivity contribution in [3.63, 3.8) is 0 Å². The number of carbonyl (C=O) groups excluding carboxylic acids is 1. The van der Waals surface area contributed by atoms with Crippen LogP contribution in [0.4, 0.5) is 5.69 Å². The first-order chi connectivity index (χ1) is 17.7. The minimum Gasteiger partial charge on any atom is -0.762 e. The van der Waals surface area contributed by atoms with E-state index >= 15 is 0 Å². The highest BCUT2D eigenvalue weighted by atomic mass is 32.2. The van der Waals surface area contributed by atoms with Crippen molar-refractivity contribution in [1.82, 2.24) is 0 Å². The Balaban J connectivity index is 1.46. The number of para-hydroxylation sites is 2. The van der Waals surface area contributed by atoms with Crippen LogP contribution in [0.5, 0.6) is 0 Å². The number of fused-ring (bicyclic) bond motifs is 6. The molecule has 0 spiro atoms. The third-order valence-electron chi connectivity index (χ3n) is 7.38. The van der Waals surface area contributed by atoms with Gasteiger partial charge in [0.15, 0.2) is 12.3 Å². The second-order valence-electron chi connectivity index (χ2n) is 9.27. The monoisotopic (exact) mass is 504 g/mol. The summed E-state index contributed by atoms with van der Waals surface area (Å²) in [6.45, 7) is 1.81. The number of Topliss-reactive ketones (excluding diaryl/α,β-unsaturated/α-hetero) is 1. The van der Waals surface area contributed by atoms with Gasteiger partial charge in [0.25, 0.3) is 5.01 Å². The van der Waals surface area contributed by atoms with Crippen molar-refractivity contribution in [2.45, 2.75) is 37.1 Å². The van der Waals surface area contributed by atoms with Crippen LogP contribution < -0.4 is 9.47 Å². The van der Waals surface area contributed by atoms with Crippen molar-refractivity contribution in [3.05, 3.63) is 91.8 Å². The highest BCUT2D eigenvalue weighted by Crippen LogP contribution is 2.54. The molecule has 2 aromatic carbocycles. The summed E-state index contributed by atoms with van der Waals surface area (Å²) in [7, 11) is 0. The number of hydrogen-bond donors (Lipinski definition) is 0. The normalized spacial score (nSPS) is 20.5. The van der Waals surface area contributed by atoms with Gasteiger partial charge in [-0.2, -0.15) is 9.83 Å². The number of nitriles is 1. The number of aromatic nitrogens is 1. The molecular weight excluding hydrogens is 484 g/mol. The number of ketones is 1. The van der Waals surface area contributed by atoms with Crippen molar-refractivity contribution in [3.8, 4) is 6.07 Å². The standard InChI is InChI=1S/C29H20N4OS2/c30-15-17(16-31)24-25(18-7-5-13-32-20-9-1-3-11-22(20)35-28(18)32)27(34)26(24)19-8-6-14-33-21-10-2-4-12-23(21)36-29(19)33/h1-4,9-12H,5-8,13-14H2. The van der Waals surface area contributed by atoms with E-state index in [1.54, 1.807) is 23.1 Å². The van der Waals surface area contributed by atoms with Crippen LogP contribution in [-0.2, 0) is 11.3 Å². The molecule has 0 saturated heterocycles. The zero-order valence-electron chi connectivity index (χ0n) is 19.4. The minimum atomic E-state index is -0.0187. The highest BCUT2D eigenvalue weighted by Gasteiger charge is 2.45. The lowest BCUT2D eigenvalue weighted by Crippen LogP contribution is -2.40. The van der Waals surface area contributed by atoms with Gasteiger partial charge in [-0.25, -0.2) is 5.87 Å². The average molecular weight is 505 g/mol. The Morgan fingerprint density at radius 3 is 2.69 bits per heavy atom. The average Bonchev–Trinajstić information content (AvgIpc) is 3.49. The van der Waals surface area contributed by atoms with Crippen LogP contribution in [-0.4, -0.2) is 18.2 Å². The van der Waals surface area contributed by atoms with Gasteiger partial charge in [0, 0.05) is 46.2 Å². The van der Waals surface area contributed by atoms with E-state index in [0.717, 1.165) is 60.0 Å².